The van der Waals surface area contributed by atoms with Gasteiger partial charge in [0.05, 0.1) is 0 Å². The van der Waals surface area contributed by atoms with Gasteiger partial charge >= 0.3 is 6.03 Å². The SMILES string of the molecule is CC(C)CCCNC(=O)N(C)CCN1CCCC1. The van der Waals surface area contributed by atoms with Crippen LogP contribution in [0.1, 0.15) is 39.5 Å². The van der Waals surface area contributed by atoms with E-state index in [0.29, 0.717) is 0 Å². The fourth-order valence-corrected chi connectivity index (χ4v) is 2.24. The zero-order valence-corrected chi connectivity index (χ0v) is 12.2. The molecule has 1 heterocycles. The van der Waals surface area contributed by atoms with Crippen molar-refractivity contribution < 1.29 is 4.79 Å². The van der Waals surface area contributed by atoms with Crippen LogP contribution in [0, 0.1) is 5.92 Å². The van der Waals surface area contributed by atoms with Crippen LogP contribution >= 0.6 is 0 Å². The second kappa shape index (κ2) is 8.35. The van der Waals surface area contributed by atoms with Gasteiger partial charge in [-0.2, -0.15) is 0 Å². The quantitative estimate of drug-likeness (QED) is 0.708. The summed E-state index contributed by atoms with van der Waals surface area (Å²) in [5.74, 6) is 0.717. The number of nitrogens with zero attached hydrogens (tertiary/aromatic N) is 2. The maximum absolute atomic E-state index is 11.8. The number of carbonyl (C=O) groups excluding carboxylic acids is 1. The minimum atomic E-state index is 0.0675. The average Bonchev–Trinajstić information content (AvgIpc) is 2.84. The van der Waals surface area contributed by atoms with E-state index in [2.05, 4.69) is 24.1 Å². The smallest absolute Gasteiger partial charge is 0.317 e. The summed E-state index contributed by atoms with van der Waals surface area (Å²) in [6.45, 7) is 9.46. The van der Waals surface area contributed by atoms with Gasteiger partial charge in [-0.3, -0.25) is 0 Å². The Morgan fingerprint density at radius 1 is 1.33 bits per heavy atom. The summed E-state index contributed by atoms with van der Waals surface area (Å²) in [6, 6.07) is 0.0675. The average molecular weight is 255 g/mol. The van der Waals surface area contributed by atoms with Gasteiger partial charge in [0.1, 0.15) is 0 Å². The van der Waals surface area contributed by atoms with Gasteiger partial charge in [0, 0.05) is 26.7 Å². The molecule has 1 fully saturated rings. The molecule has 106 valence electrons. The molecule has 1 saturated heterocycles. The van der Waals surface area contributed by atoms with Crippen LogP contribution in [0.25, 0.3) is 0 Å². The second-order valence-corrected chi connectivity index (χ2v) is 5.74. The van der Waals surface area contributed by atoms with E-state index >= 15 is 0 Å². The summed E-state index contributed by atoms with van der Waals surface area (Å²) in [7, 11) is 1.88. The number of hydrogen-bond donors (Lipinski definition) is 1. The van der Waals surface area contributed by atoms with Gasteiger partial charge in [-0.15, -0.1) is 0 Å². The molecule has 0 radical (unpaired) electrons. The van der Waals surface area contributed by atoms with Crippen LogP contribution in [-0.2, 0) is 0 Å². The van der Waals surface area contributed by atoms with Crippen LogP contribution < -0.4 is 5.32 Å². The maximum atomic E-state index is 11.8. The van der Waals surface area contributed by atoms with Crippen LogP contribution in [-0.4, -0.2) is 55.6 Å². The van der Waals surface area contributed by atoms with E-state index in [-0.39, 0.29) is 6.03 Å². The lowest BCUT2D eigenvalue weighted by molar-refractivity contribution is 0.200. The molecule has 1 aliphatic rings. The van der Waals surface area contributed by atoms with Crippen LogP contribution in [0.5, 0.6) is 0 Å². The number of urea groups is 1. The summed E-state index contributed by atoms with van der Waals surface area (Å²) in [5.41, 5.74) is 0. The highest BCUT2D eigenvalue weighted by Crippen LogP contribution is 2.06. The Labute approximate surface area is 112 Å². The van der Waals surface area contributed by atoms with Crippen molar-refractivity contribution in [3.63, 3.8) is 0 Å². The summed E-state index contributed by atoms with van der Waals surface area (Å²) in [6.07, 6.45) is 4.87. The van der Waals surface area contributed by atoms with Crippen molar-refractivity contribution >= 4 is 6.03 Å². The van der Waals surface area contributed by atoms with Gasteiger partial charge in [-0.25, -0.2) is 4.79 Å². The van der Waals surface area contributed by atoms with Crippen molar-refractivity contribution in [3.8, 4) is 0 Å². The predicted octanol–water partition coefficient (Wildman–Crippen LogP) is 2.16. The Hall–Kier alpha value is -0.770. The largest absolute Gasteiger partial charge is 0.338 e. The van der Waals surface area contributed by atoms with Crippen LogP contribution in [0.2, 0.25) is 0 Å². The molecule has 0 aromatic carbocycles. The van der Waals surface area contributed by atoms with E-state index in [1.807, 2.05) is 7.05 Å². The molecule has 0 unspecified atom stereocenters. The maximum Gasteiger partial charge on any atom is 0.317 e. The molecule has 1 N–H and O–H groups in total. The Kier molecular flexibility index (Phi) is 7.09. The minimum absolute atomic E-state index is 0.0675. The first-order chi connectivity index (χ1) is 8.59. The van der Waals surface area contributed by atoms with Gasteiger partial charge in [0.15, 0.2) is 0 Å². The van der Waals surface area contributed by atoms with Crippen molar-refractivity contribution in [2.24, 2.45) is 5.92 Å². The number of carbonyl (C=O) groups is 1. The highest BCUT2D eigenvalue weighted by atomic mass is 16.2. The number of nitrogens with one attached hydrogen (secondary N) is 1. The zero-order valence-electron chi connectivity index (χ0n) is 12.2. The normalized spacial score (nSPS) is 16.2. The Morgan fingerprint density at radius 3 is 2.61 bits per heavy atom. The zero-order chi connectivity index (χ0) is 13.4. The molecule has 1 aliphatic heterocycles. The molecule has 0 aromatic heterocycles. The number of amides is 2. The summed E-state index contributed by atoms with van der Waals surface area (Å²) in [4.78, 5) is 16.0. The molecule has 0 atom stereocenters. The van der Waals surface area contributed by atoms with Gasteiger partial charge in [0.25, 0.3) is 0 Å². The van der Waals surface area contributed by atoms with Gasteiger partial charge < -0.3 is 15.1 Å². The van der Waals surface area contributed by atoms with E-state index in [4.69, 9.17) is 0 Å². The molecule has 0 saturated carbocycles. The Morgan fingerprint density at radius 2 is 2.00 bits per heavy atom. The number of rotatable bonds is 7. The third-order valence-corrected chi connectivity index (χ3v) is 3.53. The van der Waals surface area contributed by atoms with Crippen molar-refractivity contribution in [1.29, 1.82) is 0 Å². The molecule has 4 nitrogen and oxygen atoms in total. The lowest BCUT2D eigenvalue weighted by Crippen LogP contribution is -2.41. The van der Waals surface area contributed by atoms with Crippen LogP contribution in [0.4, 0.5) is 4.79 Å². The van der Waals surface area contributed by atoms with Gasteiger partial charge in [0.2, 0.25) is 0 Å². The standard InChI is InChI=1S/C14H29N3O/c1-13(2)7-6-8-15-14(18)16(3)11-12-17-9-4-5-10-17/h13H,4-12H2,1-3H3,(H,15,18). The lowest BCUT2D eigenvalue weighted by atomic mass is 10.1. The lowest BCUT2D eigenvalue weighted by Gasteiger charge is -2.22. The van der Waals surface area contributed by atoms with E-state index < -0.39 is 0 Å². The minimum Gasteiger partial charge on any atom is -0.338 e. The molecule has 0 spiro atoms. The van der Waals surface area contributed by atoms with E-state index in [0.717, 1.165) is 32.0 Å². The molecule has 18 heavy (non-hydrogen) atoms. The number of hydrogen-bond acceptors (Lipinski definition) is 2. The Bertz CT molecular complexity index is 237. The first kappa shape index (κ1) is 15.3. The van der Waals surface area contributed by atoms with Crippen molar-refractivity contribution in [2.75, 3.05) is 39.8 Å². The van der Waals surface area contributed by atoms with E-state index in [1.165, 1.54) is 32.4 Å². The molecular formula is C14H29N3O. The van der Waals surface area contributed by atoms with Crippen LogP contribution in [0.3, 0.4) is 0 Å². The van der Waals surface area contributed by atoms with Crippen molar-refractivity contribution in [3.05, 3.63) is 0 Å². The van der Waals surface area contributed by atoms with Gasteiger partial charge in [-0.05, 0) is 44.7 Å². The molecular weight excluding hydrogens is 226 g/mol. The third kappa shape index (κ3) is 6.24. The van der Waals surface area contributed by atoms with Crippen molar-refractivity contribution in [1.82, 2.24) is 15.1 Å². The molecule has 0 aliphatic carbocycles. The molecule has 2 amide bonds. The van der Waals surface area contributed by atoms with Gasteiger partial charge in [-0.1, -0.05) is 13.8 Å². The fraction of sp³-hybridized carbons (Fsp3) is 0.929. The molecule has 0 bridgehead atoms. The monoisotopic (exact) mass is 255 g/mol. The highest BCUT2D eigenvalue weighted by Gasteiger charge is 2.13. The summed E-state index contributed by atoms with van der Waals surface area (Å²) >= 11 is 0. The van der Waals surface area contributed by atoms with Crippen molar-refractivity contribution in [2.45, 2.75) is 39.5 Å². The topological polar surface area (TPSA) is 35.6 Å². The highest BCUT2D eigenvalue weighted by molar-refractivity contribution is 5.73. The number of likely N-dealkylation sites (N-methyl/N-ethyl adjacent to an activating group) is 1. The predicted molar refractivity (Wildman–Crippen MR) is 75.8 cm³/mol. The summed E-state index contributed by atoms with van der Waals surface area (Å²) in [5, 5.41) is 2.98. The summed E-state index contributed by atoms with van der Waals surface area (Å²) < 4.78 is 0. The van der Waals surface area contributed by atoms with Crippen LogP contribution in [0.15, 0.2) is 0 Å². The molecule has 0 aromatic rings. The van der Waals surface area contributed by atoms with E-state index in [9.17, 15) is 4.79 Å². The first-order valence-corrected chi connectivity index (χ1v) is 7.31. The molecule has 1 rings (SSSR count). The van der Waals surface area contributed by atoms with E-state index in [1.54, 1.807) is 4.90 Å². The third-order valence-electron chi connectivity index (χ3n) is 3.53. The number of likely N-dealkylation sites (tertiary alicyclic amines) is 1. The fourth-order valence-electron chi connectivity index (χ4n) is 2.24. The second-order valence-electron chi connectivity index (χ2n) is 5.74. The Balaban J connectivity index is 2.04. The first-order valence-electron chi connectivity index (χ1n) is 7.31. The molecule has 4 heteroatoms.